The first-order valence-corrected chi connectivity index (χ1v) is 11.0. The first-order valence-electron chi connectivity index (χ1n) is 10.6. The van der Waals surface area contributed by atoms with Gasteiger partial charge in [-0.2, -0.15) is 0 Å². The van der Waals surface area contributed by atoms with Crippen molar-refractivity contribution in [1.29, 1.82) is 0 Å². The molecule has 0 bridgehead atoms. The first kappa shape index (κ1) is 21.3. The largest absolute Gasteiger partial charge is 0.330 e. The van der Waals surface area contributed by atoms with Crippen molar-refractivity contribution in [3.05, 3.63) is 111 Å². The van der Waals surface area contributed by atoms with Crippen molar-refractivity contribution in [1.82, 2.24) is 14.1 Å². The highest BCUT2D eigenvalue weighted by Crippen LogP contribution is 2.29. The summed E-state index contributed by atoms with van der Waals surface area (Å²) in [6, 6.07) is 18.4. The van der Waals surface area contributed by atoms with Crippen LogP contribution in [0.3, 0.4) is 0 Å². The fourth-order valence-corrected chi connectivity index (χ4v) is 4.50. The molecule has 2 heterocycles. The molecule has 7 heteroatoms. The molecule has 0 aliphatic heterocycles. The van der Waals surface area contributed by atoms with E-state index in [1.165, 1.54) is 30.6 Å². The van der Waals surface area contributed by atoms with E-state index in [-0.39, 0.29) is 23.0 Å². The molecule has 2 aromatic heterocycles. The average molecular weight is 464 g/mol. The van der Waals surface area contributed by atoms with E-state index in [0.29, 0.717) is 34.0 Å². The highest BCUT2D eigenvalue weighted by Gasteiger charge is 2.19. The Bertz CT molecular complexity index is 1540. The molecular formula is C26H20ClF2N3O. The lowest BCUT2D eigenvalue weighted by atomic mass is 10.0. The normalized spacial score (nSPS) is 12.5. The van der Waals surface area contributed by atoms with E-state index in [2.05, 4.69) is 11.9 Å². The van der Waals surface area contributed by atoms with Gasteiger partial charge in [-0.3, -0.25) is 9.36 Å². The molecule has 0 saturated heterocycles. The Morgan fingerprint density at radius 2 is 1.73 bits per heavy atom. The predicted octanol–water partition coefficient (Wildman–Crippen LogP) is 6.13. The number of benzene rings is 3. The van der Waals surface area contributed by atoms with Crippen LogP contribution in [0.4, 0.5) is 8.78 Å². The molecule has 5 rings (SSSR count). The zero-order chi connectivity index (χ0) is 23.1. The standard InChI is InChI=1S/C26H20ClF2N3O/c1-16(17-5-3-2-4-6-17)13-31-15-30-24-21-11-19(28)9-10-23(21)32(25(24)26(31)33)14-18-7-8-20(29)12-22(18)27/h2-12,15-16H,13-14H2,1H3/t16-/m0/s1. The van der Waals surface area contributed by atoms with Crippen molar-refractivity contribution in [2.75, 3.05) is 0 Å². The fourth-order valence-electron chi connectivity index (χ4n) is 4.27. The van der Waals surface area contributed by atoms with Crippen molar-refractivity contribution in [3.63, 3.8) is 0 Å². The Morgan fingerprint density at radius 3 is 2.48 bits per heavy atom. The summed E-state index contributed by atoms with van der Waals surface area (Å²) in [5.41, 5.74) is 2.98. The van der Waals surface area contributed by atoms with Crippen LogP contribution in [-0.2, 0) is 13.1 Å². The molecule has 4 nitrogen and oxygen atoms in total. The maximum absolute atomic E-state index is 14.1. The minimum Gasteiger partial charge on any atom is -0.330 e. The van der Waals surface area contributed by atoms with Gasteiger partial charge in [-0.15, -0.1) is 0 Å². The molecule has 33 heavy (non-hydrogen) atoms. The number of fused-ring (bicyclic) bond motifs is 3. The number of nitrogens with zero attached hydrogens (tertiary/aromatic N) is 3. The summed E-state index contributed by atoms with van der Waals surface area (Å²) >= 11 is 6.27. The number of aromatic nitrogens is 3. The molecule has 0 amide bonds. The Labute approximate surface area is 193 Å². The molecule has 3 aromatic carbocycles. The van der Waals surface area contributed by atoms with Crippen molar-refractivity contribution < 1.29 is 8.78 Å². The van der Waals surface area contributed by atoms with Crippen LogP contribution in [0.2, 0.25) is 5.02 Å². The lowest BCUT2D eigenvalue weighted by molar-refractivity contribution is 0.575. The van der Waals surface area contributed by atoms with Crippen LogP contribution in [0.15, 0.2) is 77.9 Å². The van der Waals surface area contributed by atoms with Crippen molar-refractivity contribution in [2.24, 2.45) is 0 Å². The van der Waals surface area contributed by atoms with Crippen LogP contribution >= 0.6 is 11.6 Å². The fraction of sp³-hybridized carbons (Fsp3) is 0.154. The molecule has 0 fully saturated rings. The molecular weight excluding hydrogens is 444 g/mol. The zero-order valence-corrected chi connectivity index (χ0v) is 18.6. The molecule has 5 aromatic rings. The highest BCUT2D eigenvalue weighted by molar-refractivity contribution is 6.31. The maximum Gasteiger partial charge on any atom is 0.277 e. The SMILES string of the molecule is C[C@@H](Cn1cnc2c3cc(F)ccc3n(Cc3ccc(F)cc3Cl)c2c1=O)c1ccccc1. The monoisotopic (exact) mass is 463 g/mol. The third-order valence-corrected chi connectivity index (χ3v) is 6.32. The molecule has 0 aliphatic rings. The summed E-state index contributed by atoms with van der Waals surface area (Å²) in [5, 5.41) is 0.803. The van der Waals surface area contributed by atoms with Gasteiger partial charge in [0.2, 0.25) is 0 Å². The highest BCUT2D eigenvalue weighted by atomic mass is 35.5. The minimum atomic E-state index is -0.438. The van der Waals surface area contributed by atoms with Gasteiger partial charge in [0, 0.05) is 23.5 Å². The minimum absolute atomic E-state index is 0.0879. The first-order chi connectivity index (χ1) is 15.9. The summed E-state index contributed by atoms with van der Waals surface area (Å²) < 4.78 is 31.0. The molecule has 0 N–H and O–H groups in total. The second kappa shape index (κ2) is 8.45. The Kier molecular flexibility index (Phi) is 5.46. The van der Waals surface area contributed by atoms with Crippen molar-refractivity contribution in [3.8, 4) is 0 Å². The molecule has 0 saturated carbocycles. The van der Waals surface area contributed by atoms with E-state index >= 15 is 0 Å². The Balaban J connectivity index is 1.68. The summed E-state index contributed by atoms with van der Waals surface area (Å²) in [5.74, 6) is -0.762. The lowest BCUT2D eigenvalue weighted by Gasteiger charge is -2.14. The molecule has 0 unspecified atom stereocenters. The second-order valence-corrected chi connectivity index (χ2v) is 8.60. The average Bonchev–Trinajstić information content (AvgIpc) is 3.11. The Morgan fingerprint density at radius 1 is 1.00 bits per heavy atom. The number of hydrogen-bond acceptors (Lipinski definition) is 2. The topological polar surface area (TPSA) is 39.8 Å². The van der Waals surface area contributed by atoms with Crippen LogP contribution < -0.4 is 5.56 Å². The van der Waals surface area contributed by atoms with Gasteiger partial charge >= 0.3 is 0 Å². The van der Waals surface area contributed by atoms with Crippen LogP contribution in [0.1, 0.15) is 24.0 Å². The quantitative estimate of drug-likeness (QED) is 0.314. The number of halogens is 3. The van der Waals surface area contributed by atoms with Gasteiger partial charge in [0.15, 0.2) is 0 Å². The molecule has 0 radical (unpaired) electrons. The van der Waals surface area contributed by atoms with Crippen molar-refractivity contribution >= 4 is 33.5 Å². The van der Waals surface area contributed by atoms with E-state index in [1.54, 1.807) is 21.3 Å². The van der Waals surface area contributed by atoms with E-state index in [4.69, 9.17) is 11.6 Å². The van der Waals surface area contributed by atoms with Gasteiger partial charge in [-0.05, 0) is 47.4 Å². The van der Waals surface area contributed by atoms with Crippen LogP contribution in [0.5, 0.6) is 0 Å². The second-order valence-electron chi connectivity index (χ2n) is 8.19. The summed E-state index contributed by atoms with van der Waals surface area (Å²) in [4.78, 5) is 18.2. The third-order valence-electron chi connectivity index (χ3n) is 5.97. The molecule has 0 aliphatic carbocycles. The van der Waals surface area contributed by atoms with Crippen LogP contribution in [0.25, 0.3) is 21.9 Å². The number of hydrogen-bond donors (Lipinski definition) is 0. The van der Waals surface area contributed by atoms with E-state index < -0.39 is 11.6 Å². The van der Waals surface area contributed by atoms with Gasteiger partial charge in [0.1, 0.15) is 22.7 Å². The van der Waals surface area contributed by atoms with E-state index in [9.17, 15) is 13.6 Å². The maximum atomic E-state index is 14.1. The van der Waals surface area contributed by atoms with E-state index in [0.717, 1.165) is 5.56 Å². The summed E-state index contributed by atoms with van der Waals surface area (Å²) in [7, 11) is 0. The zero-order valence-electron chi connectivity index (χ0n) is 17.8. The van der Waals surface area contributed by atoms with Gasteiger partial charge < -0.3 is 4.57 Å². The number of rotatable bonds is 5. The van der Waals surface area contributed by atoms with E-state index in [1.807, 2.05) is 30.3 Å². The molecule has 166 valence electrons. The summed E-state index contributed by atoms with van der Waals surface area (Å²) in [6.45, 7) is 2.72. The molecule has 1 atom stereocenters. The lowest BCUT2D eigenvalue weighted by Crippen LogP contribution is -2.24. The van der Waals surface area contributed by atoms with Crippen LogP contribution in [0, 0.1) is 11.6 Å². The third kappa shape index (κ3) is 3.91. The smallest absolute Gasteiger partial charge is 0.277 e. The Hall–Kier alpha value is -3.51. The summed E-state index contributed by atoms with van der Waals surface area (Å²) in [6.07, 6.45) is 1.52. The van der Waals surface area contributed by atoms with Gasteiger partial charge in [-0.1, -0.05) is 54.9 Å². The van der Waals surface area contributed by atoms with Crippen LogP contribution in [-0.4, -0.2) is 14.1 Å². The van der Waals surface area contributed by atoms with Gasteiger partial charge in [0.25, 0.3) is 5.56 Å². The van der Waals surface area contributed by atoms with Gasteiger partial charge in [0.05, 0.1) is 11.8 Å². The molecule has 0 spiro atoms. The van der Waals surface area contributed by atoms with Gasteiger partial charge in [-0.25, -0.2) is 13.8 Å². The van der Waals surface area contributed by atoms with Crippen molar-refractivity contribution in [2.45, 2.75) is 25.9 Å². The predicted molar refractivity (Wildman–Crippen MR) is 127 cm³/mol.